The molecular weight excluding hydrogens is 180 g/mol. The molecule has 14 heavy (non-hydrogen) atoms. The third-order valence-corrected chi connectivity index (χ3v) is 1.61. The standard InChI is InChI=1S/C9H8N4O/c14-9-3-1-7(2-4-9)12-13-8-5-10-11-6-8/h1-6,14H,(H,10,11). The highest BCUT2D eigenvalue weighted by molar-refractivity contribution is 5.41. The van der Waals surface area contributed by atoms with Crippen LogP contribution in [0.5, 0.6) is 5.75 Å². The van der Waals surface area contributed by atoms with Gasteiger partial charge in [0.2, 0.25) is 0 Å². The predicted octanol–water partition coefficient (Wildman–Crippen LogP) is 2.53. The highest BCUT2D eigenvalue weighted by atomic mass is 16.3. The maximum atomic E-state index is 9.02. The zero-order chi connectivity index (χ0) is 9.80. The molecule has 0 fully saturated rings. The van der Waals surface area contributed by atoms with E-state index in [1.54, 1.807) is 36.7 Å². The molecule has 1 aromatic carbocycles. The van der Waals surface area contributed by atoms with Crippen LogP contribution in [0.2, 0.25) is 0 Å². The van der Waals surface area contributed by atoms with Gasteiger partial charge < -0.3 is 5.11 Å². The highest BCUT2D eigenvalue weighted by Gasteiger charge is 1.91. The molecule has 2 aromatic rings. The number of hydrogen-bond acceptors (Lipinski definition) is 4. The van der Waals surface area contributed by atoms with E-state index in [1.165, 1.54) is 0 Å². The van der Waals surface area contributed by atoms with Crippen molar-refractivity contribution in [2.75, 3.05) is 0 Å². The Morgan fingerprint density at radius 1 is 1.07 bits per heavy atom. The number of aromatic hydroxyl groups is 1. The quantitative estimate of drug-likeness (QED) is 0.710. The Hall–Kier alpha value is -2.17. The molecule has 0 aliphatic heterocycles. The maximum absolute atomic E-state index is 9.02. The van der Waals surface area contributed by atoms with Gasteiger partial charge in [-0.25, -0.2) is 0 Å². The molecule has 0 unspecified atom stereocenters. The van der Waals surface area contributed by atoms with Gasteiger partial charge in [-0.3, -0.25) is 5.10 Å². The van der Waals surface area contributed by atoms with Gasteiger partial charge in [0, 0.05) is 6.20 Å². The Labute approximate surface area is 80.1 Å². The third-order valence-electron chi connectivity index (χ3n) is 1.61. The number of rotatable bonds is 2. The van der Waals surface area contributed by atoms with Crippen LogP contribution >= 0.6 is 0 Å². The fourth-order valence-electron chi connectivity index (χ4n) is 0.934. The smallest absolute Gasteiger partial charge is 0.123 e. The Morgan fingerprint density at radius 2 is 1.79 bits per heavy atom. The largest absolute Gasteiger partial charge is 0.508 e. The van der Waals surface area contributed by atoms with E-state index in [0.29, 0.717) is 11.4 Å². The van der Waals surface area contributed by atoms with E-state index < -0.39 is 0 Å². The van der Waals surface area contributed by atoms with Gasteiger partial charge in [0.1, 0.15) is 11.4 Å². The van der Waals surface area contributed by atoms with E-state index in [1.807, 2.05) is 0 Å². The summed E-state index contributed by atoms with van der Waals surface area (Å²) in [7, 11) is 0. The first-order chi connectivity index (χ1) is 6.84. The summed E-state index contributed by atoms with van der Waals surface area (Å²) in [6, 6.07) is 6.48. The topological polar surface area (TPSA) is 73.6 Å². The van der Waals surface area contributed by atoms with E-state index in [0.717, 1.165) is 0 Å². The molecule has 5 nitrogen and oxygen atoms in total. The third kappa shape index (κ3) is 1.95. The summed E-state index contributed by atoms with van der Waals surface area (Å²) in [5.74, 6) is 0.215. The molecule has 5 heteroatoms. The fraction of sp³-hybridized carbons (Fsp3) is 0. The molecule has 1 aromatic heterocycles. The number of phenolic OH excluding ortho intramolecular Hbond substituents is 1. The summed E-state index contributed by atoms with van der Waals surface area (Å²) in [5, 5.41) is 23.2. The number of nitrogens with zero attached hydrogens (tertiary/aromatic N) is 3. The van der Waals surface area contributed by atoms with Gasteiger partial charge in [-0.15, -0.1) is 5.11 Å². The number of aromatic amines is 1. The summed E-state index contributed by atoms with van der Waals surface area (Å²) < 4.78 is 0. The molecule has 1 heterocycles. The van der Waals surface area contributed by atoms with Crippen molar-refractivity contribution in [1.82, 2.24) is 10.2 Å². The minimum absolute atomic E-state index is 0.215. The van der Waals surface area contributed by atoms with Gasteiger partial charge in [0.25, 0.3) is 0 Å². The first-order valence-corrected chi connectivity index (χ1v) is 4.04. The minimum Gasteiger partial charge on any atom is -0.508 e. The van der Waals surface area contributed by atoms with E-state index >= 15 is 0 Å². The normalized spacial score (nSPS) is 10.9. The van der Waals surface area contributed by atoms with Gasteiger partial charge >= 0.3 is 0 Å². The number of benzene rings is 1. The Balaban J connectivity index is 2.15. The highest BCUT2D eigenvalue weighted by Crippen LogP contribution is 2.19. The Bertz CT molecular complexity index is 419. The van der Waals surface area contributed by atoms with Gasteiger partial charge in [0.15, 0.2) is 0 Å². The van der Waals surface area contributed by atoms with E-state index in [-0.39, 0.29) is 5.75 Å². The monoisotopic (exact) mass is 188 g/mol. The number of phenols is 1. The summed E-state index contributed by atoms with van der Waals surface area (Å²) in [6.45, 7) is 0. The molecular formula is C9H8N4O. The van der Waals surface area contributed by atoms with Crippen molar-refractivity contribution in [3.8, 4) is 5.75 Å². The van der Waals surface area contributed by atoms with Crippen molar-refractivity contribution in [2.45, 2.75) is 0 Å². The molecule has 0 saturated carbocycles. The van der Waals surface area contributed by atoms with Crippen molar-refractivity contribution >= 4 is 11.4 Å². The first kappa shape index (κ1) is 8.43. The second kappa shape index (κ2) is 3.69. The lowest BCUT2D eigenvalue weighted by Crippen LogP contribution is -1.63. The van der Waals surface area contributed by atoms with Crippen molar-refractivity contribution in [3.05, 3.63) is 36.7 Å². The van der Waals surface area contributed by atoms with E-state index in [9.17, 15) is 0 Å². The summed E-state index contributed by atoms with van der Waals surface area (Å²) in [5.41, 5.74) is 1.35. The van der Waals surface area contributed by atoms with Crippen molar-refractivity contribution in [1.29, 1.82) is 0 Å². The van der Waals surface area contributed by atoms with Crippen LogP contribution in [-0.4, -0.2) is 15.3 Å². The molecule has 0 bridgehead atoms. The van der Waals surface area contributed by atoms with Crippen LogP contribution in [-0.2, 0) is 0 Å². The van der Waals surface area contributed by atoms with Gasteiger partial charge in [0.05, 0.1) is 11.9 Å². The van der Waals surface area contributed by atoms with Crippen LogP contribution in [0, 0.1) is 0 Å². The average molecular weight is 188 g/mol. The van der Waals surface area contributed by atoms with E-state index in [2.05, 4.69) is 20.4 Å². The Kier molecular flexibility index (Phi) is 2.22. The zero-order valence-corrected chi connectivity index (χ0v) is 7.25. The Morgan fingerprint density at radius 3 is 2.43 bits per heavy atom. The van der Waals surface area contributed by atoms with Gasteiger partial charge in [-0.1, -0.05) is 0 Å². The van der Waals surface area contributed by atoms with Gasteiger partial charge in [-0.2, -0.15) is 10.2 Å². The van der Waals surface area contributed by atoms with Crippen LogP contribution in [0.15, 0.2) is 46.9 Å². The summed E-state index contributed by atoms with van der Waals surface area (Å²) >= 11 is 0. The fourth-order valence-corrected chi connectivity index (χ4v) is 0.934. The van der Waals surface area contributed by atoms with Crippen molar-refractivity contribution in [2.24, 2.45) is 10.2 Å². The van der Waals surface area contributed by atoms with Crippen LogP contribution in [0.3, 0.4) is 0 Å². The SMILES string of the molecule is Oc1ccc(N=Nc2cn[nH]c2)cc1. The lowest BCUT2D eigenvalue weighted by molar-refractivity contribution is 0.475. The van der Waals surface area contributed by atoms with Crippen LogP contribution in [0.1, 0.15) is 0 Å². The van der Waals surface area contributed by atoms with E-state index in [4.69, 9.17) is 5.11 Å². The van der Waals surface area contributed by atoms with Crippen LogP contribution < -0.4 is 0 Å². The molecule has 0 aliphatic carbocycles. The first-order valence-electron chi connectivity index (χ1n) is 4.04. The number of azo groups is 1. The zero-order valence-electron chi connectivity index (χ0n) is 7.25. The lowest BCUT2D eigenvalue weighted by Gasteiger charge is -1.91. The summed E-state index contributed by atoms with van der Waals surface area (Å²) in [4.78, 5) is 0. The predicted molar refractivity (Wildman–Crippen MR) is 50.9 cm³/mol. The molecule has 70 valence electrons. The van der Waals surface area contributed by atoms with Crippen LogP contribution in [0.25, 0.3) is 0 Å². The molecule has 0 atom stereocenters. The van der Waals surface area contributed by atoms with Crippen molar-refractivity contribution < 1.29 is 5.11 Å². The maximum Gasteiger partial charge on any atom is 0.123 e. The van der Waals surface area contributed by atoms with Crippen LogP contribution in [0.4, 0.5) is 11.4 Å². The molecule has 0 aliphatic rings. The molecule has 2 rings (SSSR count). The summed E-state index contributed by atoms with van der Waals surface area (Å²) in [6.07, 6.45) is 3.22. The molecule has 0 radical (unpaired) electrons. The minimum atomic E-state index is 0.215. The lowest BCUT2D eigenvalue weighted by atomic mass is 10.3. The number of aromatic nitrogens is 2. The second-order valence-electron chi connectivity index (χ2n) is 2.67. The van der Waals surface area contributed by atoms with Gasteiger partial charge in [-0.05, 0) is 24.3 Å². The number of H-pyrrole nitrogens is 1. The second-order valence-corrected chi connectivity index (χ2v) is 2.67. The molecule has 0 saturated heterocycles. The van der Waals surface area contributed by atoms with Crippen molar-refractivity contribution in [3.63, 3.8) is 0 Å². The number of nitrogens with one attached hydrogen (secondary N) is 1. The molecule has 0 amide bonds. The average Bonchev–Trinajstić information content (AvgIpc) is 2.70. The molecule has 2 N–H and O–H groups in total. The molecule has 0 spiro atoms. The number of hydrogen-bond donors (Lipinski definition) is 2.